The number of hydrogen-bond acceptors (Lipinski definition) is 2. The molecule has 4 aromatic rings. The monoisotopic (exact) mass is 337 g/mol. The molecule has 2 radical (unpaired) electrons. The van der Waals surface area contributed by atoms with E-state index in [0.29, 0.717) is 0 Å². The number of para-hydroxylation sites is 4. The summed E-state index contributed by atoms with van der Waals surface area (Å²) in [4.78, 5) is 0. The average Bonchev–Trinajstić information content (AvgIpc) is 2.97. The van der Waals surface area contributed by atoms with E-state index in [0.717, 1.165) is 31.6 Å². The van der Waals surface area contributed by atoms with Gasteiger partial charge in [-0.15, -0.1) is 0 Å². The number of aromatic nitrogens is 4. The number of rotatable bonds is 2. The molecular weight excluding hydrogens is 323 g/mol. The summed E-state index contributed by atoms with van der Waals surface area (Å²) in [5, 5.41) is 0. The Morgan fingerprint density at radius 1 is 0.652 bits per heavy atom. The number of hydrogen-bond donors (Lipinski definition) is 0. The number of benzene rings is 2. The Hall–Kier alpha value is -2.12. The van der Waals surface area contributed by atoms with Gasteiger partial charge >= 0.3 is 0 Å². The Morgan fingerprint density at radius 3 is 1.39 bits per heavy atom. The molecule has 114 valence electrons. The Labute approximate surface area is 144 Å². The van der Waals surface area contributed by atoms with E-state index >= 15 is 0 Å². The summed E-state index contributed by atoms with van der Waals surface area (Å²) in [7, 11) is 5.95. The quantitative estimate of drug-likeness (QED) is 0.411. The maximum absolute atomic E-state index is 5.61. The van der Waals surface area contributed by atoms with Gasteiger partial charge in [-0.2, -0.15) is 0 Å². The molecule has 0 N–H and O–H groups in total. The van der Waals surface area contributed by atoms with Gasteiger partial charge in [0.15, 0.2) is 0 Å². The van der Waals surface area contributed by atoms with Crippen LogP contribution in [0.15, 0.2) is 48.5 Å². The summed E-state index contributed by atoms with van der Waals surface area (Å²) in [5.74, 6) is 0. The molecule has 4 rings (SSSR count). The number of imidazole rings is 2. The van der Waals surface area contributed by atoms with Gasteiger partial charge in [0.05, 0.1) is 11.0 Å². The molecule has 2 aromatic heterocycles. The van der Waals surface area contributed by atoms with Crippen LogP contribution in [0.5, 0.6) is 0 Å². The standard InChI is InChI=1S/C16H14BN4S2/c1-18-11-7-3-5-9-13(11)20(15(18)22)17-21-14-10-6-4-8-12(14)19(2)16(21)23/h3-10H,1-2H3/q-1. The minimum absolute atomic E-state index is 0.737. The largest absolute Gasteiger partial charge is 0.535 e. The fourth-order valence-corrected chi connectivity index (χ4v) is 3.46. The molecule has 0 fully saturated rings. The second-order valence-electron chi connectivity index (χ2n) is 5.52. The van der Waals surface area contributed by atoms with Crippen molar-refractivity contribution in [2.45, 2.75) is 0 Å². The van der Waals surface area contributed by atoms with Crippen molar-refractivity contribution in [2.75, 3.05) is 0 Å². The lowest BCUT2D eigenvalue weighted by atomic mass is 10.1. The lowest BCUT2D eigenvalue weighted by molar-refractivity contribution is 0.888. The predicted octanol–water partition coefficient (Wildman–Crippen LogP) is 3.66. The summed E-state index contributed by atoms with van der Waals surface area (Å²) >= 11 is 11.2. The predicted molar refractivity (Wildman–Crippen MR) is 100 cm³/mol. The molecule has 0 saturated carbocycles. The van der Waals surface area contributed by atoms with Gasteiger partial charge in [0.25, 0.3) is 0 Å². The normalized spacial score (nSPS) is 11.6. The van der Waals surface area contributed by atoms with Crippen LogP contribution < -0.4 is 0 Å². The van der Waals surface area contributed by atoms with E-state index in [1.165, 1.54) is 0 Å². The zero-order valence-electron chi connectivity index (χ0n) is 12.8. The van der Waals surface area contributed by atoms with E-state index in [1.54, 1.807) is 0 Å². The lowest BCUT2D eigenvalue weighted by Gasteiger charge is -2.23. The van der Waals surface area contributed by atoms with E-state index in [9.17, 15) is 0 Å². The van der Waals surface area contributed by atoms with Crippen LogP contribution in [-0.4, -0.2) is 25.6 Å². The molecule has 0 spiro atoms. The van der Waals surface area contributed by atoms with Gasteiger partial charge in [0.2, 0.25) is 0 Å². The van der Waals surface area contributed by atoms with E-state index < -0.39 is 0 Å². The fraction of sp³-hybridized carbons (Fsp3) is 0.125. The third-order valence-corrected chi connectivity index (χ3v) is 5.16. The molecule has 7 heteroatoms. The fourth-order valence-electron chi connectivity index (χ4n) is 2.98. The molecule has 2 aromatic carbocycles. The molecule has 0 saturated heterocycles. The van der Waals surface area contributed by atoms with Crippen LogP contribution in [0.3, 0.4) is 0 Å². The molecule has 0 amide bonds. The summed E-state index contributed by atoms with van der Waals surface area (Å²) in [6.45, 7) is 0. The Bertz CT molecular complexity index is 1070. The van der Waals surface area contributed by atoms with Crippen molar-refractivity contribution in [2.24, 2.45) is 14.1 Å². The highest BCUT2D eigenvalue weighted by Crippen LogP contribution is 2.19. The van der Waals surface area contributed by atoms with Crippen LogP contribution >= 0.6 is 24.4 Å². The van der Waals surface area contributed by atoms with Crippen molar-refractivity contribution >= 4 is 54.1 Å². The molecule has 2 heterocycles. The van der Waals surface area contributed by atoms with Gasteiger partial charge in [-0.05, 0) is 48.7 Å². The van der Waals surface area contributed by atoms with Crippen LogP contribution in [0.1, 0.15) is 0 Å². The first-order valence-electron chi connectivity index (χ1n) is 7.26. The smallest absolute Gasteiger partial charge is 0.136 e. The zero-order chi connectivity index (χ0) is 16.1. The maximum Gasteiger partial charge on any atom is 0.136 e. The SMILES string of the molecule is Cn1c(=S)n([B-]n2c(=S)n(C)c3ccccc32)c2ccccc21. The first-order valence-corrected chi connectivity index (χ1v) is 8.08. The van der Waals surface area contributed by atoms with Crippen LogP contribution in [0, 0.1) is 9.54 Å². The Morgan fingerprint density at radius 2 is 1.00 bits per heavy atom. The summed E-state index contributed by atoms with van der Waals surface area (Å²) < 4.78 is 9.51. The maximum atomic E-state index is 5.61. The molecule has 23 heavy (non-hydrogen) atoms. The van der Waals surface area contributed by atoms with Crippen LogP contribution in [0.25, 0.3) is 22.1 Å². The molecule has 0 aliphatic rings. The number of fused-ring (bicyclic) bond motifs is 2. The topological polar surface area (TPSA) is 19.7 Å². The minimum Gasteiger partial charge on any atom is -0.535 e. The molecular formula is C16H14BN4S2-. The van der Waals surface area contributed by atoms with Gasteiger partial charge in [-0.25, -0.2) is 0 Å². The van der Waals surface area contributed by atoms with Gasteiger partial charge < -0.3 is 18.1 Å². The van der Waals surface area contributed by atoms with E-state index in [-0.39, 0.29) is 0 Å². The number of aryl methyl sites for hydroxylation is 2. The second-order valence-corrected chi connectivity index (χ2v) is 6.25. The van der Waals surface area contributed by atoms with Crippen molar-refractivity contribution in [1.82, 2.24) is 18.1 Å². The Balaban J connectivity index is 2.00. The van der Waals surface area contributed by atoms with Gasteiger partial charge in [0, 0.05) is 25.1 Å². The Kier molecular flexibility index (Phi) is 3.28. The third-order valence-electron chi connectivity index (χ3n) is 4.22. The van der Waals surface area contributed by atoms with E-state index in [2.05, 4.69) is 24.3 Å². The molecule has 0 aliphatic heterocycles. The van der Waals surface area contributed by atoms with Crippen molar-refractivity contribution in [3.8, 4) is 0 Å². The van der Waals surface area contributed by atoms with Crippen LogP contribution in [0.2, 0.25) is 0 Å². The van der Waals surface area contributed by atoms with Crippen LogP contribution in [-0.2, 0) is 14.1 Å². The van der Waals surface area contributed by atoms with Crippen LogP contribution in [0.4, 0.5) is 0 Å². The van der Waals surface area contributed by atoms with E-state index in [4.69, 9.17) is 24.4 Å². The average molecular weight is 337 g/mol. The highest BCUT2D eigenvalue weighted by molar-refractivity contribution is 7.71. The van der Waals surface area contributed by atoms with Crippen molar-refractivity contribution in [3.63, 3.8) is 0 Å². The summed E-state index contributed by atoms with van der Waals surface area (Å²) in [6.07, 6.45) is 0. The molecule has 0 unspecified atom stereocenters. The minimum atomic E-state index is 0.737. The lowest BCUT2D eigenvalue weighted by Crippen LogP contribution is -2.17. The van der Waals surface area contributed by atoms with Crippen molar-refractivity contribution in [1.29, 1.82) is 0 Å². The van der Waals surface area contributed by atoms with Gasteiger partial charge in [-0.3, -0.25) is 0 Å². The first kappa shape index (κ1) is 14.5. The highest BCUT2D eigenvalue weighted by Gasteiger charge is 2.04. The molecule has 0 atom stereocenters. The highest BCUT2D eigenvalue weighted by atomic mass is 32.1. The third kappa shape index (κ3) is 2.04. The van der Waals surface area contributed by atoms with Gasteiger partial charge in [-0.1, -0.05) is 31.8 Å². The summed E-state index contributed by atoms with van der Waals surface area (Å²) in [5.41, 5.74) is 4.32. The molecule has 0 aliphatic carbocycles. The first-order chi connectivity index (χ1) is 11.1. The van der Waals surface area contributed by atoms with Gasteiger partial charge in [0.1, 0.15) is 9.54 Å². The second kappa shape index (κ2) is 5.21. The van der Waals surface area contributed by atoms with E-state index in [1.807, 2.05) is 64.0 Å². The number of nitrogens with zero attached hydrogens (tertiary/aromatic N) is 4. The molecule has 0 bridgehead atoms. The summed E-state index contributed by atoms with van der Waals surface area (Å²) in [6, 6.07) is 16.3. The van der Waals surface area contributed by atoms with Crippen molar-refractivity contribution < 1.29 is 0 Å². The zero-order valence-corrected chi connectivity index (χ0v) is 14.4. The van der Waals surface area contributed by atoms with Crippen molar-refractivity contribution in [3.05, 3.63) is 58.1 Å². The molecule has 4 nitrogen and oxygen atoms in total.